The number of nitrogens with zero attached hydrogens (tertiary/aromatic N) is 4. The SMILES string of the molecule is CCN(CC)CCN(C(=O)c1ccc(S(=O)(=O)N(C)c2ccccc2)cc1)c1nc2cc(OC)ccc2s1. The first kappa shape index (κ1) is 27.6. The first-order chi connectivity index (χ1) is 18.3. The van der Waals surface area contributed by atoms with Crippen molar-refractivity contribution in [3.8, 4) is 5.75 Å². The van der Waals surface area contributed by atoms with E-state index in [1.807, 2.05) is 24.3 Å². The molecule has 0 spiro atoms. The Balaban J connectivity index is 1.63. The van der Waals surface area contributed by atoms with E-state index < -0.39 is 10.0 Å². The van der Waals surface area contributed by atoms with E-state index in [9.17, 15) is 13.2 Å². The topological polar surface area (TPSA) is 83.1 Å². The molecule has 0 saturated carbocycles. The zero-order valence-electron chi connectivity index (χ0n) is 22.0. The number of thiazole rings is 1. The maximum Gasteiger partial charge on any atom is 0.264 e. The summed E-state index contributed by atoms with van der Waals surface area (Å²) in [6, 6.07) is 20.6. The van der Waals surface area contributed by atoms with Gasteiger partial charge in [0.05, 0.1) is 27.9 Å². The molecule has 0 bridgehead atoms. The number of amides is 1. The molecule has 1 amide bonds. The quantitative estimate of drug-likeness (QED) is 0.257. The Bertz CT molecular complexity index is 1480. The monoisotopic (exact) mass is 552 g/mol. The Kier molecular flexibility index (Phi) is 8.65. The zero-order valence-corrected chi connectivity index (χ0v) is 23.6. The first-order valence-electron chi connectivity index (χ1n) is 12.4. The highest BCUT2D eigenvalue weighted by Gasteiger charge is 2.25. The second kappa shape index (κ2) is 11.9. The van der Waals surface area contributed by atoms with E-state index in [0.29, 0.717) is 35.2 Å². The van der Waals surface area contributed by atoms with E-state index in [1.165, 1.54) is 34.8 Å². The maximum atomic E-state index is 13.7. The average molecular weight is 553 g/mol. The second-order valence-corrected chi connectivity index (χ2v) is 11.6. The van der Waals surface area contributed by atoms with Crippen molar-refractivity contribution in [2.24, 2.45) is 0 Å². The molecule has 8 nitrogen and oxygen atoms in total. The fourth-order valence-corrected chi connectivity index (χ4v) is 6.23. The van der Waals surface area contributed by atoms with Gasteiger partial charge in [-0.15, -0.1) is 0 Å². The van der Waals surface area contributed by atoms with Gasteiger partial charge < -0.3 is 9.64 Å². The van der Waals surface area contributed by atoms with Crippen LogP contribution in [0.1, 0.15) is 24.2 Å². The van der Waals surface area contributed by atoms with Crippen molar-refractivity contribution in [2.45, 2.75) is 18.7 Å². The molecule has 10 heteroatoms. The van der Waals surface area contributed by atoms with Gasteiger partial charge >= 0.3 is 0 Å². The molecular formula is C28H32N4O4S2. The normalized spacial score (nSPS) is 11.6. The standard InChI is InChI=1S/C28H32N4O4S2/c1-5-31(6-2)18-19-32(28-29-25-20-23(36-4)14-17-26(25)37-28)27(33)21-12-15-24(16-13-21)38(34,35)30(3)22-10-8-7-9-11-22/h7-17,20H,5-6,18-19H2,1-4H3. The molecule has 0 N–H and O–H groups in total. The number of hydrogen-bond acceptors (Lipinski definition) is 7. The predicted molar refractivity (Wildman–Crippen MR) is 154 cm³/mol. The predicted octanol–water partition coefficient (Wildman–Crippen LogP) is 5.12. The number of ether oxygens (including phenoxy) is 1. The number of hydrogen-bond donors (Lipinski definition) is 0. The molecule has 38 heavy (non-hydrogen) atoms. The molecule has 0 fully saturated rings. The number of likely N-dealkylation sites (N-methyl/N-ethyl adjacent to an activating group) is 1. The summed E-state index contributed by atoms with van der Waals surface area (Å²) in [5.41, 5.74) is 1.71. The molecule has 4 aromatic rings. The number of aromatic nitrogens is 1. The average Bonchev–Trinajstić information content (AvgIpc) is 3.38. The lowest BCUT2D eigenvalue weighted by Gasteiger charge is -2.25. The minimum absolute atomic E-state index is 0.113. The van der Waals surface area contributed by atoms with Gasteiger partial charge in [-0.3, -0.25) is 14.0 Å². The molecule has 0 unspecified atom stereocenters. The number of fused-ring (bicyclic) bond motifs is 1. The number of rotatable bonds is 11. The summed E-state index contributed by atoms with van der Waals surface area (Å²) in [7, 11) is -0.658. The second-order valence-electron chi connectivity index (χ2n) is 8.65. The van der Waals surface area contributed by atoms with Gasteiger partial charge in [0, 0.05) is 31.8 Å². The van der Waals surface area contributed by atoms with Gasteiger partial charge in [-0.2, -0.15) is 0 Å². The number of para-hydroxylation sites is 1. The third-order valence-corrected chi connectivity index (χ3v) is 9.33. The highest BCUT2D eigenvalue weighted by atomic mass is 32.2. The lowest BCUT2D eigenvalue weighted by molar-refractivity contribution is 0.0983. The van der Waals surface area contributed by atoms with Gasteiger partial charge in [0.25, 0.3) is 15.9 Å². The van der Waals surface area contributed by atoms with Crippen LogP contribution in [0.3, 0.4) is 0 Å². The molecule has 0 atom stereocenters. The molecule has 4 rings (SSSR count). The van der Waals surface area contributed by atoms with Crippen molar-refractivity contribution in [1.29, 1.82) is 0 Å². The van der Waals surface area contributed by atoms with Crippen molar-refractivity contribution < 1.29 is 17.9 Å². The van der Waals surface area contributed by atoms with Crippen LogP contribution in [0.5, 0.6) is 5.75 Å². The van der Waals surface area contributed by atoms with E-state index in [2.05, 4.69) is 18.7 Å². The van der Waals surface area contributed by atoms with Crippen molar-refractivity contribution in [3.63, 3.8) is 0 Å². The van der Waals surface area contributed by atoms with Gasteiger partial charge in [-0.25, -0.2) is 13.4 Å². The fraction of sp³-hybridized carbons (Fsp3) is 0.286. The summed E-state index contributed by atoms with van der Waals surface area (Å²) in [5.74, 6) is 0.469. The minimum atomic E-state index is -3.78. The van der Waals surface area contributed by atoms with Crippen molar-refractivity contribution in [2.75, 3.05) is 49.5 Å². The van der Waals surface area contributed by atoms with Crippen molar-refractivity contribution >= 4 is 48.3 Å². The molecule has 3 aromatic carbocycles. The largest absolute Gasteiger partial charge is 0.497 e. The first-order valence-corrected chi connectivity index (χ1v) is 14.7. The van der Waals surface area contributed by atoms with Crippen LogP contribution >= 0.6 is 11.3 Å². The van der Waals surface area contributed by atoms with Crippen molar-refractivity contribution in [1.82, 2.24) is 9.88 Å². The smallest absolute Gasteiger partial charge is 0.264 e. The van der Waals surface area contributed by atoms with Gasteiger partial charge in [0.15, 0.2) is 5.13 Å². The molecule has 1 aromatic heterocycles. The van der Waals surface area contributed by atoms with E-state index in [4.69, 9.17) is 9.72 Å². The van der Waals surface area contributed by atoms with Crippen LogP contribution < -0.4 is 13.9 Å². The zero-order chi connectivity index (χ0) is 27.3. The Morgan fingerprint density at radius 3 is 2.26 bits per heavy atom. The highest BCUT2D eigenvalue weighted by Crippen LogP contribution is 2.32. The number of benzene rings is 3. The van der Waals surface area contributed by atoms with E-state index in [-0.39, 0.29) is 10.8 Å². The number of anilines is 2. The Morgan fingerprint density at radius 2 is 1.63 bits per heavy atom. The summed E-state index contributed by atoms with van der Waals surface area (Å²) in [4.78, 5) is 22.5. The molecule has 200 valence electrons. The van der Waals surface area contributed by atoms with Crippen molar-refractivity contribution in [3.05, 3.63) is 78.4 Å². The molecule has 0 aliphatic carbocycles. The van der Waals surface area contributed by atoms with Gasteiger partial charge in [-0.1, -0.05) is 43.4 Å². The minimum Gasteiger partial charge on any atom is -0.497 e. The number of methoxy groups -OCH3 is 1. The summed E-state index contributed by atoms with van der Waals surface area (Å²) in [6.07, 6.45) is 0. The van der Waals surface area contributed by atoms with Gasteiger partial charge in [0.1, 0.15) is 5.75 Å². The van der Waals surface area contributed by atoms with Crippen LogP contribution in [0.4, 0.5) is 10.8 Å². The third-order valence-electron chi connectivity index (χ3n) is 6.47. The molecule has 0 aliphatic rings. The lowest BCUT2D eigenvalue weighted by Crippen LogP contribution is -2.38. The van der Waals surface area contributed by atoms with Crippen LogP contribution in [0.15, 0.2) is 77.7 Å². The highest BCUT2D eigenvalue weighted by molar-refractivity contribution is 7.92. The van der Waals surface area contributed by atoms with E-state index >= 15 is 0 Å². The van der Waals surface area contributed by atoms with Crippen LogP contribution in [-0.2, 0) is 10.0 Å². The maximum absolute atomic E-state index is 13.7. The molecule has 1 heterocycles. The van der Waals surface area contributed by atoms with Crippen LogP contribution in [0.2, 0.25) is 0 Å². The molecule has 0 saturated heterocycles. The Morgan fingerprint density at radius 1 is 0.947 bits per heavy atom. The summed E-state index contributed by atoms with van der Waals surface area (Å²) < 4.78 is 33.8. The van der Waals surface area contributed by atoms with E-state index in [1.54, 1.807) is 48.4 Å². The third kappa shape index (κ3) is 5.82. The molecular weight excluding hydrogens is 520 g/mol. The Labute approximate surface area is 228 Å². The number of sulfonamides is 1. The lowest BCUT2D eigenvalue weighted by atomic mass is 10.2. The fourth-order valence-electron chi connectivity index (χ4n) is 4.06. The van der Waals surface area contributed by atoms with E-state index in [0.717, 1.165) is 23.3 Å². The molecule has 0 radical (unpaired) electrons. The van der Waals surface area contributed by atoms with Gasteiger partial charge in [0.2, 0.25) is 0 Å². The Hall–Kier alpha value is -3.47. The molecule has 0 aliphatic heterocycles. The van der Waals surface area contributed by atoms with Crippen LogP contribution in [-0.4, -0.2) is 64.5 Å². The van der Waals surface area contributed by atoms with Crippen LogP contribution in [0.25, 0.3) is 10.2 Å². The summed E-state index contributed by atoms with van der Waals surface area (Å²) >= 11 is 1.44. The van der Waals surface area contributed by atoms with Gasteiger partial charge in [-0.05, 0) is 61.6 Å². The van der Waals surface area contributed by atoms with Crippen LogP contribution in [0, 0.1) is 0 Å². The number of carbonyl (C=O) groups is 1. The summed E-state index contributed by atoms with van der Waals surface area (Å²) in [6.45, 7) is 7.06. The summed E-state index contributed by atoms with van der Waals surface area (Å²) in [5, 5.41) is 0.589. The number of carbonyl (C=O) groups excluding carboxylic acids is 1.